The van der Waals surface area contributed by atoms with Crippen molar-refractivity contribution >= 4 is 3.62 Å². The summed E-state index contributed by atoms with van der Waals surface area (Å²) in [5, 5.41) is 12.2. The Balaban J connectivity index is 1.70. The standard InChI is InChI=1S/C12H21AtN2O2/c1-12(2,7-16)6-15-4-9-8(10(9)5-15)3-14-11(13)17/h8-10,16H,3-7H2,1-2H3,(H,14,17)/t8?,9-,10?/m0/s1. The average molecular weight is 435 g/mol. The first-order chi connectivity index (χ1) is 7.93. The SMILES string of the molecule is CC(C)(CO)CN1CC2C(CNC(=O)[At])[C@@H]2C1. The van der Waals surface area contributed by atoms with Gasteiger partial charge in [0.1, 0.15) is 0 Å². The Morgan fingerprint density at radius 3 is 2.53 bits per heavy atom. The summed E-state index contributed by atoms with van der Waals surface area (Å²) < 4.78 is 0.133. The number of carbonyl (C=O) groups is 1. The van der Waals surface area contributed by atoms with E-state index in [1.54, 1.807) is 0 Å². The van der Waals surface area contributed by atoms with Crippen molar-refractivity contribution in [1.82, 2.24) is 10.2 Å². The number of aliphatic hydroxyl groups is 1. The zero-order valence-electron chi connectivity index (χ0n) is 10.4. The molecule has 3 atom stereocenters. The molecule has 2 aliphatic rings. The Kier molecular flexibility index (Phi) is 4.11. The van der Waals surface area contributed by atoms with E-state index in [9.17, 15) is 9.90 Å². The normalized spacial score (nSPS) is 32.4. The summed E-state index contributed by atoms with van der Waals surface area (Å²) in [6.45, 7) is 8.58. The predicted molar refractivity (Wildman–Crippen MR) is 61.2 cm³/mol. The number of aliphatic hydroxyl groups excluding tert-OH is 1. The second-order valence-corrected chi connectivity index (χ2v) is 7.50. The first-order valence-corrected chi connectivity index (χ1v) is 7.66. The van der Waals surface area contributed by atoms with Crippen LogP contribution in [0.5, 0.6) is 0 Å². The molecule has 1 saturated carbocycles. The van der Waals surface area contributed by atoms with E-state index in [0.717, 1.165) is 38.0 Å². The summed E-state index contributed by atoms with van der Waals surface area (Å²) in [7, 11) is 0. The van der Waals surface area contributed by atoms with Gasteiger partial charge < -0.3 is 0 Å². The van der Waals surface area contributed by atoms with Gasteiger partial charge in [0.05, 0.1) is 0 Å². The third-order valence-corrected chi connectivity index (χ3v) is 4.52. The quantitative estimate of drug-likeness (QED) is 0.660. The molecule has 0 aromatic carbocycles. The molecule has 4 nitrogen and oxygen atoms in total. The van der Waals surface area contributed by atoms with Gasteiger partial charge in [0.25, 0.3) is 0 Å². The van der Waals surface area contributed by atoms with Crippen LogP contribution in [0.3, 0.4) is 0 Å². The van der Waals surface area contributed by atoms with Crippen LogP contribution in [0.1, 0.15) is 13.8 Å². The number of nitrogens with one attached hydrogen (secondary N) is 1. The van der Waals surface area contributed by atoms with Crippen molar-refractivity contribution in [3.63, 3.8) is 0 Å². The number of fused-ring (bicyclic) bond motifs is 1. The van der Waals surface area contributed by atoms with Gasteiger partial charge in [-0.2, -0.15) is 0 Å². The van der Waals surface area contributed by atoms with E-state index >= 15 is 0 Å². The molecule has 1 aliphatic heterocycles. The second-order valence-electron chi connectivity index (χ2n) is 6.16. The minimum absolute atomic E-state index is 0.00610. The van der Waals surface area contributed by atoms with Gasteiger partial charge in [0, 0.05) is 0 Å². The Hall–Kier alpha value is 0.273. The molecule has 17 heavy (non-hydrogen) atoms. The number of amides is 1. The van der Waals surface area contributed by atoms with Crippen molar-refractivity contribution < 1.29 is 34.6 Å². The van der Waals surface area contributed by atoms with Crippen molar-refractivity contribution in [2.45, 2.75) is 13.8 Å². The van der Waals surface area contributed by atoms with E-state index in [1.165, 1.54) is 24.7 Å². The molecule has 98 valence electrons. The van der Waals surface area contributed by atoms with Crippen LogP contribution in [0.15, 0.2) is 0 Å². The van der Waals surface area contributed by atoms with Crippen LogP contribution in [0, 0.1) is 47.9 Å². The maximum absolute atomic E-state index is 10.9. The van der Waals surface area contributed by atoms with E-state index in [4.69, 9.17) is 0 Å². The molecule has 5 heteroatoms. The van der Waals surface area contributed by atoms with Gasteiger partial charge in [-0.05, 0) is 0 Å². The predicted octanol–water partition coefficient (Wildman–Crippen LogP) is 0.442. The summed E-state index contributed by atoms with van der Waals surface area (Å²) in [6.07, 6.45) is 0. The third-order valence-electron chi connectivity index (χ3n) is 4.00. The summed E-state index contributed by atoms with van der Waals surface area (Å²) in [5.41, 5.74) is 0.00610. The van der Waals surface area contributed by atoms with Crippen LogP contribution in [-0.4, -0.2) is 46.4 Å². The Morgan fingerprint density at radius 2 is 2.06 bits per heavy atom. The zero-order valence-corrected chi connectivity index (χ0v) is 13.4. The Labute approximate surface area is 118 Å². The van der Waals surface area contributed by atoms with Crippen LogP contribution < -0.4 is 5.32 Å². The number of rotatable bonds is 5. The number of likely N-dealkylation sites (tertiary alicyclic amines) is 1. The topological polar surface area (TPSA) is 52.6 Å². The number of carbonyl (C=O) groups excluding carboxylic acids is 1. The van der Waals surface area contributed by atoms with E-state index in [-0.39, 0.29) is 15.6 Å². The summed E-state index contributed by atoms with van der Waals surface area (Å²) in [4.78, 5) is 13.3. The second kappa shape index (κ2) is 5.10. The number of piperidine rings is 1. The molecule has 0 aromatic heterocycles. The number of hydrogen-bond acceptors (Lipinski definition) is 3. The fourth-order valence-electron chi connectivity index (χ4n) is 3.02. The summed E-state index contributed by atoms with van der Waals surface area (Å²) >= 11 is 1.19. The van der Waals surface area contributed by atoms with Crippen molar-refractivity contribution in [2.24, 2.45) is 23.2 Å². The Morgan fingerprint density at radius 1 is 1.47 bits per heavy atom. The first-order valence-electron chi connectivity index (χ1n) is 6.19. The van der Waals surface area contributed by atoms with Crippen molar-refractivity contribution in [1.29, 1.82) is 0 Å². The molecule has 2 rings (SSSR count). The molecule has 0 bridgehead atoms. The van der Waals surface area contributed by atoms with E-state index < -0.39 is 0 Å². The van der Waals surface area contributed by atoms with Gasteiger partial charge in [0.2, 0.25) is 0 Å². The molecule has 0 radical (unpaired) electrons. The molecule has 0 aromatic rings. The molecule has 1 heterocycles. The van der Waals surface area contributed by atoms with Gasteiger partial charge in [-0.3, -0.25) is 0 Å². The van der Waals surface area contributed by atoms with E-state index in [2.05, 4.69) is 24.1 Å². The molecule has 1 aliphatic carbocycles. The number of nitrogens with zero attached hydrogens (tertiary/aromatic N) is 1. The summed E-state index contributed by atoms with van der Waals surface area (Å²) in [5.74, 6) is 2.27. The average Bonchev–Trinajstić information content (AvgIpc) is 2.69. The van der Waals surface area contributed by atoms with Crippen LogP contribution in [0.25, 0.3) is 0 Å². The van der Waals surface area contributed by atoms with Crippen molar-refractivity contribution in [2.75, 3.05) is 32.8 Å². The Bertz CT molecular complexity index is 297. The molecular formula is C12H21AtN2O2. The van der Waals surface area contributed by atoms with Gasteiger partial charge in [-0.25, -0.2) is 0 Å². The monoisotopic (exact) mass is 435 g/mol. The van der Waals surface area contributed by atoms with Crippen molar-refractivity contribution in [3.05, 3.63) is 0 Å². The molecule has 2 N–H and O–H groups in total. The summed E-state index contributed by atoms with van der Waals surface area (Å²) in [6, 6.07) is 0. The minimum atomic E-state index is 0.00610. The number of hydrogen-bond donors (Lipinski definition) is 2. The van der Waals surface area contributed by atoms with E-state index in [0.29, 0.717) is 5.92 Å². The van der Waals surface area contributed by atoms with Gasteiger partial charge >= 0.3 is 118 Å². The molecule has 2 unspecified atom stereocenters. The van der Waals surface area contributed by atoms with Crippen LogP contribution in [0.2, 0.25) is 0 Å². The fourth-order valence-corrected chi connectivity index (χ4v) is 3.32. The van der Waals surface area contributed by atoms with Crippen LogP contribution in [-0.2, 0) is 0 Å². The van der Waals surface area contributed by atoms with E-state index in [1.807, 2.05) is 0 Å². The van der Waals surface area contributed by atoms with Crippen LogP contribution >= 0.6 is 0 Å². The molecule has 1 saturated heterocycles. The molecular weight excluding hydrogens is 414 g/mol. The van der Waals surface area contributed by atoms with Gasteiger partial charge in [0.15, 0.2) is 0 Å². The van der Waals surface area contributed by atoms with Gasteiger partial charge in [-0.15, -0.1) is 0 Å². The van der Waals surface area contributed by atoms with Crippen molar-refractivity contribution in [3.8, 4) is 0 Å². The molecule has 2 fully saturated rings. The first kappa shape index (κ1) is 13.7. The third kappa shape index (κ3) is 3.39. The van der Waals surface area contributed by atoms with Gasteiger partial charge in [-0.1, -0.05) is 0 Å². The fraction of sp³-hybridized carbons (Fsp3) is 0.917. The maximum atomic E-state index is 10.9. The zero-order chi connectivity index (χ0) is 12.6. The molecule has 0 spiro atoms. The van der Waals surface area contributed by atoms with Crippen LogP contribution in [0.4, 0.5) is 4.79 Å². The molecule has 1 amide bonds.